The van der Waals surface area contributed by atoms with Crippen LogP contribution in [0.3, 0.4) is 0 Å². The summed E-state index contributed by atoms with van der Waals surface area (Å²) in [6, 6.07) is 37.5. The van der Waals surface area contributed by atoms with Gasteiger partial charge in [0, 0.05) is 29.3 Å². The zero-order chi connectivity index (χ0) is 32.1. The predicted octanol–water partition coefficient (Wildman–Crippen LogP) is 6.06. The molecular weight excluding hydrogens is 634 g/mol. The molecular formula is C37H34NO5PS2. The van der Waals surface area contributed by atoms with E-state index in [1.54, 1.807) is 0 Å². The summed E-state index contributed by atoms with van der Waals surface area (Å²) in [5.74, 6) is -1.20. The molecule has 1 fully saturated rings. The van der Waals surface area contributed by atoms with E-state index in [9.17, 15) is 9.59 Å². The molecule has 4 aromatic rings. The van der Waals surface area contributed by atoms with Gasteiger partial charge in [0.05, 0.1) is 33.0 Å². The fourth-order valence-corrected chi connectivity index (χ4v) is 12.8. The van der Waals surface area contributed by atoms with E-state index in [4.69, 9.17) is 26.0 Å². The molecule has 0 saturated carbocycles. The molecule has 0 spiro atoms. The second-order valence-electron chi connectivity index (χ2n) is 10.8. The van der Waals surface area contributed by atoms with Crippen LogP contribution >= 0.6 is 17.8 Å². The van der Waals surface area contributed by atoms with Gasteiger partial charge in [0.2, 0.25) is 0 Å². The number of benzene rings is 4. The highest BCUT2D eigenvalue weighted by Gasteiger charge is 2.58. The van der Waals surface area contributed by atoms with Crippen molar-refractivity contribution < 1.29 is 23.8 Å². The fraction of sp³-hybridized carbons (Fsp3) is 0.189. The Morgan fingerprint density at radius 2 is 1.22 bits per heavy atom. The van der Waals surface area contributed by atoms with Crippen LogP contribution in [0.1, 0.15) is 11.1 Å². The third-order valence-electron chi connectivity index (χ3n) is 8.38. The minimum Gasteiger partial charge on any atom is -0.466 e. The number of hydrogen-bond acceptors (Lipinski definition) is 8. The Bertz CT molecular complexity index is 1780. The molecule has 1 saturated heterocycles. The van der Waals surface area contributed by atoms with Crippen molar-refractivity contribution in [3.05, 3.63) is 148 Å². The van der Waals surface area contributed by atoms with E-state index in [2.05, 4.69) is 41.3 Å². The van der Waals surface area contributed by atoms with Gasteiger partial charge in [0.1, 0.15) is 10.4 Å². The third kappa shape index (κ3) is 5.48. The number of rotatable bonds is 8. The molecule has 2 aliphatic heterocycles. The molecule has 0 amide bonds. The summed E-state index contributed by atoms with van der Waals surface area (Å²) in [6.07, 6.45) is 0. The van der Waals surface area contributed by atoms with E-state index in [0.717, 1.165) is 32.0 Å². The van der Waals surface area contributed by atoms with Gasteiger partial charge in [0.25, 0.3) is 0 Å². The molecule has 1 atom stereocenters. The quantitative estimate of drug-likeness (QED) is 0.166. The highest BCUT2D eigenvalue weighted by molar-refractivity contribution is 8.27. The number of morpholine rings is 1. The summed E-state index contributed by atoms with van der Waals surface area (Å²) >= 11 is 8.31. The summed E-state index contributed by atoms with van der Waals surface area (Å²) in [6.45, 7) is 1.94. The van der Waals surface area contributed by atoms with Crippen LogP contribution in [0, 0.1) is 0 Å². The number of ether oxygens (including phenoxy) is 3. The maximum Gasteiger partial charge on any atom is 0.345 e. The molecule has 0 N–H and O–H groups in total. The molecule has 9 heteroatoms. The number of esters is 2. The first-order chi connectivity index (χ1) is 22.5. The van der Waals surface area contributed by atoms with Gasteiger partial charge in [0.15, 0.2) is 0 Å². The molecule has 46 heavy (non-hydrogen) atoms. The third-order valence-corrected chi connectivity index (χ3v) is 14.8. The number of thioether (sulfide) groups is 1. The van der Waals surface area contributed by atoms with Crippen molar-refractivity contribution in [1.82, 2.24) is 4.90 Å². The van der Waals surface area contributed by atoms with Gasteiger partial charge in [-0.25, -0.2) is 9.59 Å². The Kier molecular flexibility index (Phi) is 9.73. The first kappa shape index (κ1) is 32.2. The minimum atomic E-state index is -2.88. The molecule has 2 heterocycles. The molecule has 0 aliphatic carbocycles. The van der Waals surface area contributed by atoms with Gasteiger partial charge >= 0.3 is 11.9 Å². The maximum absolute atomic E-state index is 14.2. The molecule has 234 valence electrons. The summed E-state index contributed by atoms with van der Waals surface area (Å²) in [4.78, 5) is 31.2. The van der Waals surface area contributed by atoms with Crippen molar-refractivity contribution >= 4 is 57.5 Å². The molecule has 0 aromatic heterocycles. The van der Waals surface area contributed by atoms with E-state index < -0.39 is 23.5 Å². The Hall–Kier alpha value is -3.78. The molecule has 0 radical (unpaired) electrons. The first-order valence-electron chi connectivity index (χ1n) is 15.0. The van der Waals surface area contributed by atoms with E-state index in [0.29, 0.717) is 26.3 Å². The van der Waals surface area contributed by atoms with E-state index in [-0.39, 0.29) is 10.5 Å². The van der Waals surface area contributed by atoms with Crippen LogP contribution in [0.15, 0.2) is 137 Å². The zero-order valence-corrected chi connectivity index (χ0v) is 28.2. The normalized spacial score (nSPS) is 19.9. The number of methoxy groups -OCH3 is 2. The number of carbonyl (C=O) groups excluding carboxylic acids is 2. The Morgan fingerprint density at radius 3 is 1.72 bits per heavy atom. The number of nitrogens with zero attached hydrogens (tertiary/aromatic N) is 1. The highest BCUT2D eigenvalue weighted by Crippen LogP contribution is 2.67. The summed E-state index contributed by atoms with van der Waals surface area (Å²) in [5, 5.41) is 2.90. The molecule has 6 nitrogen and oxygen atoms in total. The van der Waals surface area contributed by atoms with Crippen LogP contribution in [0.2, 0.25) is 0 Å². The second-order valence-corrected chi connectivity index (χ2v) is 16.2. The van der Waals surface area contributed by atoms with Crippen LogP contribution in [-0.2, 0) is 41.1 Å². The Balaban J connectivity index is 1.86. The number of hydrogen-bond donors (Lipinski definition) is 0. The van der Waals surface area contributed by atoms with E-state index in [1.165, 1.54) is 26.0 Å². The summed E-state index contributed by atoms with van der Waals surface area (Å²) in [5.41, 5.74) is 0.747. The average Bonchev–Trinajstić information content (AvgIpc) is 3.49. The van der Waals surface area contributed by atoms with E-state index in [1.807, 2.05) is 84.9 Å². The maximum atomic E-state index is 14.2. The fourth-order valence-electron chi connectivity index (χ4n) is 6.38. The lowest BCUT2D eigenvalue weighted by molar-refractivity contribution is -0.140. The van der Waals surface area contributed by atoms with Crippen LogP contribution in [0.4, 0.5) is 0 Å². The predicted molar refractivity (Wildman–Crippen MR) is 189 cm³/mol. The van der Waals surface area contributed by atoms with Crippen molar-refractivity contribution in [2.75, 3.05) is 40.5 Å². The van der Waals surface area contributed by atoms with E-state index >= 15 is 0 Å². The second kappa shape index (κ2) is 13.9. The highest BCUT2D eigenvalue weighted by atomic mass is 32.4. The lowest BCUT2D eigenvalue weighted by Crippen LogP contribution is -2.54. The van der Waals surface area contributed by atoms with Crippen LogP contribution in [-0.4, -0.2) is 57.4 Å². The van der Waals surface area contributed by atoms with Crippen LogP contribution in [0.25, 0.3) is 5.31 Å². The van der Waals surface area contributed by atoms with Crippen LogP contribution in [0.5, 0.6) is 0 Å². The van der Waals surface area contributed by atoms with Gasteiger partial charge < -0.3 is 14.2 Å². The molecule has 6 rings (SSSR count). The number of carbonyl (C=O) groups is 2. The van der Waals surface area contributed by atoms with Crippen molar-refractivity contribution in [2.24, 2.45) is 0 Å². The van der Waals surface area contributed by atoms with Gasteiger partial charge in [-0.15, -0.1) is 0 Å². The smallest absolute Gasteiger partial charge is 0.345 e. The first-order valence-corrected chi connectivity index (χ1v) is 18.6. The van der Waals surface area contributed by atoms with Gasteiger partial charge in [-0.05, 0) is 21.7 Å². The van der Waals surface area contributed by atoms with Crippen molar-refractivity contribution in [1.29, 1.82) is 0 Å². The van der Waals surface area contributed by atoms with Gasteiger partial charge in [-0.1, -0.05) is 145 Å². The SMILES string of the molecule is COC(=O)C1=C(C(=O)OC)C(c2ccccc2)(N2CCOCC2)C(=C(c2ccccc2)P(=S)(c2ccccc2)c2ccccc2)S1. The Labute approximate surface area is 279 Å². The standard InChI is InChI=1S/C37H34NO5PS2/c1-41-35(39)31-33(36(40)42-2)46-34(37(31,28-17-9-4-10-18-28)38-23-25-43-26-24-38)32(27-15-7-3-8-16-27)44(45,29-19-11-5-12-20-29)30-21-13-6-14-22-30/h3-22H,23-26H2,1-2H3. The Morgan fingerprint density at radius 1 is 0.739 bits per heavy atom. The molecule has 0 bridgehead atoms. The topological polar surface area (TPSA) is 65.1 Å². The summed E-state index contributed by atoms with van der Waals surface area (Å²) < 4.78 is 16.7. The molecule has 4 aromatic carbocycles. The minimum absolute atomic E-state index is 0.191. The van der Waals surface area contributed by atoms with Crippen molar-refractivity contribution in [3.8, 4) is 0 Å². The monoisotopic (exact) mass is 667 g/mol. The van der Waals surface area contributed by atoms with Crippen molar-refractivity contribution in [2.45, 2.75) is 5.54 Å². The molecule has 2 aliphatic rings. The summed E-state index contributed by atoms with van der Waals surface area (Å²) in [7, 11) is 2.68. The lowest BCUT2D eigenvalue weighted by atomic mass is 9.79. The lowest BCUT2D eigenvalue weighted by Gasteiger charge is -2.46. The largest absolute Gasteiger partial charge is 0.466 e. The van der Waals surface area contributed by atoms with Gasteiger partial charge in [-0.2, -0.15) is 0 Å². The zero-order valence-electron chi connectivity index (χ0n) is 25.6. The molecule has 1 unspecified atom stereocenters. The van der Waals surface area contributed by atoms with Crippen molar-refractivity contribution in [3.63, 3.8) is 0 Å². The van der Waals surface area contributed by atoms with Crippen LogP contribution < -0.4 is 10.6 Å². The van der Waals surface area contributed by atoms with Gasteiger partial charge in [-0.3, -0.25) is 4.90 Å². The average molecular weight is 668 g/mol.